The maximum Gasteiger partial charge on any atom is 0.240 e. The third kappa shape index (κ3) is 3.89. The Bertz CT molecular complexity index is 694. The lowest BCUT2D eigenvalue weighted by Crippen LogP contribution is -2.24. The first-order valence-electron chi connectivity index (χ1n) is 7.06. The molecular formula is C16H20N2O2S. The lowest BCUT2D eigenvalue weighted by Gasteiger charge is -2.08. The van der Waals surface area contributed by atoms with Crippen LogP contribution in [-0.2, 0) is 10.0 Å². The van der Waals surface area contributed by atoms with E-state index >= 15 is 0 Å². The van der Waals surface area contributed by atoms with E-state index in [1.807, 2.05) is 38.1 Å². The number of nitrogens with one attached hydrogen (secondary N) is 1. The van der Waals surface area contributed by atoms with Gasteiger partial charge in [-0.25, -0.2) is 13.1 Å². The molecular weight excluding hydrogens is 284 g/mol. The summed E-state index contributed by atoms with van der Waals surface area (Å²) < 4.78 is 26.8. The molecule has 0 aliphatic rings. The highest BCUT2D eigenvalue weighted by atomic mass is 32.2. The first kappa shape index (κ1) is 15.7. The van der Waals surface area contributed by atoms with Crippen LogP contribution >= 0.6 is 0 Å². The number of pyridine rings is 1. The standard InChI is InChI=1S/C16H20N2O2S/c1-3-4-12-18-21(19,20)15-9-7-14(8-10-15)16-6-5-11-17-13(16)2/h5-11,18H,3-4,12H2,1-2H3. The minimum absolute atomic E-state index is 0.295. The summed E-state index contributed by atoms with van der Waals surface area (Å²) in [5.74, 6) is 0. The molecule has 0 bridgehead atoms. The average molecular weight is 304 g/mol. The van der Waals surface area contributed by atoms with Crippen LogP contribution in [-0.4, -0.2) is 19.9 Å². The fourth-order valence-electron chi connectivity index (χ4n) is 2.07. The number of unbranched alkanes of at least 4 members (excludes halogenated alkanes) is 1. The van der Waals surface area contributed by atoms with Gasteiger partial charge in [0.05, 0.1) is 4.90 Å². The first-order chi connectivity index (χ1) is 10.0. The van der Waals surface area contributed by atoms with E-state index in [9.17, 15) is 8.42 Å². The van der Waals surface area contributed by atoms with Crippen LogP contribution in [0.2, 0.25) is 0 Å². The number of aryl methyl sites for hydroxylation is 1. The smallest absolute Gasteiger partial charge is 0.240 e. The molecule has 1 heterocycles. The zero-order valence-electron chi connectivity index (χ0n) is 12.3. The Morgan fingerprint density at radius 2 is 1.86 bits per heavy atom. The molecule has 4 nitrogen and oxygen atoms in total. The van der Waals surface area contributed by atoms with Crippen LogP contribution in [0.4, 0.5) is 0 Å². The van der Waals surface area contributed by atoms with Crippen molar-refractivity contribution < 1.29 is 8.42 Å². The molecule has 0 amide bonds. The molecule has 0 aliphatic carbocycles. The van der Waals surface area contributed by atoms with Crippen LogP contribution in [0, 0.1) is 6.92 Å². The second-order valence-corrected chi connectivity index (χ2v) is 6.68. The Hall–Kier alpha value is -1.72. The molecule has 0 unspecified atom stereocenters. The van der Waals surface area contributed by atoms with Crippen LogP contribution in [0.5, 0.6) is 0 Å². The fourth-order valence-corrected chi connectivity index (χ4v) is 3.14. The summed E-state index contributed by atoms with van der Waals surface area (Å²) in [7, 11) is -3.41. The topological polar surface area (TPSA) is 59.1 Å². The summed E-state index contributed by atoms with van der Waals surface area (Å²) in [6.45, 7) is 4.44. The number of rotatable bonds is 6. The summed E-state index contributed by atoms with van der Waals surface area (Å²) in [5, 5.41) is 0. The van der Waals surface area contributed by atoms with Crippen LogP contribution in [0.15, 0.2) is 47.5 Å². The highest BCUT2D eigenvalue weighted by Gasteiger charge is 2.13. The average Bonchev–Trinajstić information content (AvgIpc) is 2.48. The van der Waals surface area contributed by atoms with Crippen LogP contribution in [0.1, 0.15) is 25.5 Å². The lowest BCUT2D eigenvalue weighted by atomic mass is 10.1. The number of hydrogen-bond donors (Lipinski definition) is 1. The van der Waals surface area contributed by atoms with Crippen molar-refractivity contribution >= 4 is 10.0 Å². The van der Waals surface area contributed by atoms with Gasteiger partial charge in [0.25, 0.3) is 0 Å². The van der Waals surface area contributed by atoms with Gasteiger partial charge in [0, 0.05) is 24.0 Å². The molecule has 0 spiro atoms. The number of benzene rings is 1. The molecule has 0 fully saturated rings. The lowest BCUT2D eigenvalue weighted by molar-refractivity contribution is 0.578. The van der Waals surface area contributed by atoms with Crippen molar-refractivity contribution in [3.63, 3.8) is 0 Å². The first-order valence-corrected chi connectivity index (χ1v) is 8.54. The monoisotopic (exact) mass is 304 g/mol. The molecule has 2 aromatic rings. The summed E-state index contributed by atoms with van der Waals surface area (Å²) >= 11 is 0. The van der Waals surface area contributed by atoms with Crippen LogP contribution < -0.4 is 4.72 Å². The molecule has 0 aliphatic heterocycles. The van der Waals surface area contributed by atoms with E-state index in [0.717, 1.165) is 29.7 Å². The normalized spacial score (nSPS) is 11.5. The predicted molar refractivity (Wildman–Crippen MR) is 84.5 cm³/mol. The minimum atomic E-state index is -3.41. The maximum absolute atomic E-state index is 12.1. The highest BCUT2D eigenvalue weighted by Crippen LogP contribution is 2.23. The van der Waals surface area contributed by atoms with Gasteiger partial charge >= 0.3 is 0 Å². The van der Waals surface area contributed by atoms with E-state index in [0.29, 0.717) is 11.4 Å². The predicted octanol–water partition coefficient (Wildman–Crippen LogP) is 3.14. The van der Waals surface area contributed by atoms with Gasteiger partial charge < -0.3 is 0 Å². The van der Waals surface area contributed by atoms with Crippen molar-refractivity contribution in [2.45, 2.75) is 31.6 Å². The molecule has 5 heteroatoms. The van der Waals surface area contributed by atoms with E-state index in [-0.39, 0.29) is 0 Å². The zero-order valence-corrected chi connectivity index (χ0v) is 13.2. The molecule has 0 atom stereocenters. The molecule has 1 N–H and O–H groups in total. The van der Waals surface area contributed by atoms with Gasteiger partial charge in [0.15, 0.2) is 0 Å². The number of aromatic nitrogens is 1. The molecule has 1 aromatic carbocycles. The quantitative estimate of drug-likeness (QED) is 0.834. The van der Waals surface area contributed by atoms with E-state index in [4.69, 9.17) is 0 Å². The summed E-state index contributed by atoms with van der Waals surface area (Å²) in [4.78, 5) is 4.54. The van der Waals surface area contributed by atoms with Crippen molar-refractivity contribution in [3.05, 3.63) is 48.3 Å². The fraction of sp³-hybridized carbons (Fsp3) is 0.312. The number of nitrogens with zero attached hydrogens (tertiary/aromatic N) is 1. The van der Waals surface area contributed by atoms with Crippen molar-refractivity contribution in [1.29, 1.82) is 0 Å². The van der Waals surface area contributed by atoms with Gasteiger partial charge in [-0.1, -0.05) is 31.5 Å². The van der Waals surface area contributed by atoms with Gasteiger partial charge in [-0.15, -0.1) is 0 Å². The number of hydrogen-bond acceptors (Lipinski definition) is 3. The third-order valence-electron chi connectivity index (χ3n) is 3.30. The molecule has 0 saturated heterocycles. The van der Waals surface area contributed by atoms with Gasteiger partial charge in [-0.2, -0.15) is 0 Å². The van der Waals surface area contributed by atoms with E-state index in [1.165, 1.54) is 0 Å². The molecule has 0 radical (unpaired) electrons. The summed E-state index contributed by atoms with van der Waals surface area (Å²) in [5.41, 5.74) is 2.91. The molecule has 1 aromatic heterocycles. The Balaban J connectivity index is 2.21. The summed E-state index contributed by atoms with van der Waals surface area (Å²) in [6.07, 6.45) is 3.54. The second-order valence-electron chi connectivity index (χ2n) is 4.91. The maximum atomic E-state index is 12.1. The van der Waals surface area contributed by atoms with Crippen molar-refractivity contribution in [1.82, 2.24) is 9.71 Å². The van der Waals surface area contributed by atoms with Gasteiger partial charge in [-0.05, 0) is 37.1 Å². The molecule has 0 saturated carbocycles. The Labute approximate surface area is 126 Å². The largest absolute Gasteiger partial charge is 0.261 e. The van der Waals surface area contributed by atoms with Gasteiger partial charge in [0.1, 0.15) is 0 Å². The Kier molecular flexibility index (Phi) is 5.09. The van der Waals surface area contributed by atoms with E-state index in [1.54, 1.807) is 18.3 Å². The van der Waals surface area contributed by atoms with Gasteiger partial charge in [-0.3, -0.25) is 4.98 Å². The Morgan fingerprint density at radius 1 is 1.14 bits per heavy atom. The van der Waals surface area contributed by atoms with Crippen molar-refractivity contribution in [2.75, 3.05) is 6.54 Å². The highest BCUT2D eigenvalue weighted by molar-refractivity contribution is 7.89. The Morgan fingerprint density at radius 3 is 2.48 bits per heavy atom. The summed E-state index contributed by atoms with van der Waals surface area (Å²) in [6, 6.07) is 10.8. The van der Waals surface area contributed by atoms with Gasteiger partial charge in [0.2, 0.25) is 10.0 Å². The van der Waals surface area contributed by atoms with Crippen LogP contribution in [0.3, 0.4) is 0 Å². The molecule has 2 rings (SSSR count). The molecule has 21 heavy (non-hydrogen) atoms. The SMILES string of the molecule is CCCCNS(=O)(=O)c1ccc(-c2cccnc2C)cc1. The van der Waals surface area contributed by atoms with E-state index in [2.05, 4.69) is 9.71 Å². The van der Waals surface area contributed by atoms with E-state index < -0.39 is 10.0 Å². The van der Waals surface area contributed by atoms with Crippen molar-refractivity contribution in [3.8, 4) is 11.1 Å². The van der Waals surface area contributed by atoms with Crippen molar-refractivity contribution in [2.24, 2.45) is 0 Å². The van der Waals surface area contributed by atoms with Crippen LogP contribution in [0.25, 0.3) is 11.1 Å². The molecule has 112 valence electrons. The number of sulfonamides is 1. The third-order valence-corrected chi connectivity index (χ3v) is 4.78. The minimum Gasteiger partial charge on any atom is -0.261 e. The second kappa shape index (κ2) is 6.83. The zero-order chi connectivity index (χ0) is 15.3.